The SMILES string of the molecule is C=Cc1cccc2cc(C(=O)N3CCC(C(F)(F)F)CC3)ccc12. The molecule has 0 N–H and O–H groups in total. The van der Waals surface area contributed by atoms with Crippen LogP contribution in [0.2, 0.25) is 0 Å². The Morgan fingerprint density at radius 1 is 1.17 bits per heavy atom. The summed E-state index contributed by atoms with van der Waals surface area (Å²) in [6.07, 6.45) is -2.46. The molecule has 1 fully saturated rings. The van der Waals surface area contributed by atoms with Gasteiger partial charge >= 0.3 is 6.18 Å². The van der Waals surface area contributed by atoms with Gasteiger partial charge in [0.1, 0.15) is 0 Å². The lowest BCUT2D eigenvalue weighted by atomic mass is 9.95. The van der Waals surface area contributed by atoms with Gasteiger partial charge < -0.3 is 4.90 Å². The first-order valence-electron chi connectivity index (χ1n) is 7.91. The molecule has 2 aromatic rings. The number of halogens is 3. The van der Waals surface area contributed by atoms with E-state index in [0.717, 1.165) is 16.3 Å². The summed E-state index contributed by atoms with van der Waals surface area (Å²) in [7, 11) is 0. The molecule has 0 radical (unpaired) electrons. The van der Waals surface area contributed by atoms with Crippen molar-refractivity contribution in [2.24, 2.45) is 5.92 Å². The fourth-order valence-electron chi connectivity index (χ4n) is 3.21. The molecule has 1 aliphatic rings. The maximum absolute atomic E-state index is 12.7. The molecule has 0 aromatic heterocycles. The summed E-state index contributed by atoms with van der Waals surface area (Å²) >= 11 is 0. The first-order chi connectivity index (χ1) is 11.4. The predicted octanol–water partition coefficient (Wildman–Crippen LogP) is 4.90. The minimum absolute atomic E-state index is 0.0244. The van der Waals surface area contributed by atoms with Gasteiger partial charge in [0.2, 0.25) is 0 Å². The van der Waals surface area contributed by atoms with Crippen LogP contribution in [0.5, 0.6) is 0 Å². The van der Waals surface area contributed by atoms with Crippen LogP contribution in [0.3, 0.4) is 0 Å². The zero-order chi connectivity index (χ0) is 17.3. The Morgan fingerprint density at radius 2 is 1.88 bits per heavy atom. The largest absolute Gasteiger partial charge is 0.391 e. The minimum Gasteiger partial charge on any atom is -0.339 e. The van der Waals surface area contributed by atoms with Crippen molar-refractivity contribution >= 4 is 22.8 Å². The highest BCUT2D eigenvalue weighted by molar-refractivity contribution is 6.00. The maximum atomic E-state index is 12.7. The highest BCUT2D eigenvalue weighted by atomic mass is 19.4. The monoisotopic (exact) mass is 333 g/mol. The van der Waals surface area contributed by atoms with Crippen molar-refractivity contribution in [2.45, 2.75) is 19.0 Å². The molecule has 3 rings (SSSR count). The van der Waals surface area contributed by atoms with Crippen LogP contribution < -0.4 is 0 Å². The molecule has 2 aromatic carbocycles. The van der Waals surface area contributed by atoms with Gasteiger partial charge in [-0.2, -0.15) is 13.2 Å². The molecule has 1 saturated heterocycles. The van der Waals surface area contributed by atoms with Crippen molar-refractivity contribution in [1.82, 2.24) is 4.90 Å². The van der Waals surface area contributed by atoms with E-state index in [4.69, 9.17) is 0 Å². The molecule has 0 aliphatic carbocycles. The highest BCUT2D eigenvalue weighted by Gasteiger charge is 2.41. The van der Waals surface area contributed by atoms with E-state index in [0.29, 0.717) is 5.56 Å². The summed E-state index contributed by atoms with van der Waals surface area (Å²) in [6.45, 7) is 4.06. The Morgan fingerprint density at radius 3 is 2.50 bits per heavy atom. The normalized spacial score (nSPS) is 16.4. The number of hydrogen-bond acceptors (Lipinski definition) is 1. The number of fused-ring (bicyclic) bond motifs is 1. The van der Waals surface area contributed by atoms with Crippen LogP contribution in [0.25, 0.3) is 16.8 Å². The van der Waals surface area contributed by atoms with Gasteiger partial charge in [0.15, 0.2) is 0 Å². The van der Waals surface area contributed by atoms with E-state index < -0.39 is 12.1 Å². The summed E-state index contributed by atoms with van der Waals surface area (Å²) < 4.78 is 38.2. The molecule has 1 heterocycles. The van der Waals surface area contributed by atoms with Gasteiger partial charge in [0.25, 0.3) is 5.91 Å². The zero-order valence-corrected chi connectivity index (χ0v) is 13.1. The molecule has 2 nitrogen and oxygen atoms in total. The standard InChI is InChI=1S/C19H18F3NO/c1-2-13-4-3-5-14-12-15(6-7-17(13)14)18(24)23-10-8-16(9-11-23)19(20,21)22/h2-7,12,16H,1,8-11H2. The number of benzene rings is 2. The summed E-state index contributed by atoms with van der Waals surface area (Å²) in [5, 5.41) is 1.92. The first-order valence-corrected chi connectivity index (χ1v) is 7.91. The Labute approximate surface area is 138 Å². The Hall–Kier alpha value is -2.30. The van der Waals surface area contributed by atoms with Gasteiger partial charge in [-0.3, -0.25) is 4.79 Å². The van der Waals surface area contributed by atoms with E-state index in [1.807, 2.05) is 24.3 Å². The Kier molecular flexibility index (Phi) is 4.35. The van der Waals surface area contributed by atoms with E-state index in [9.17, 15) is 18.0 Å². The van der Waals surface area contributed by atoms with Crippen molar-refractivity contribution in [3.8, 4) is 0 Å². The average molecular weight is 333 g/mol. The smallest absolute Gasteiger partial charge is 0.339 e. The number of rotatable bonds is 2. The molecule has 126 valence electrons. The quantitative estimate of drug-likeness (QED) is 0.766. The second kappa shape index (κ2) is 6.30. The van der Waals surface area contributed by atoms with Gasteiger partial charge in [-0.05, 0) is 41.3 Å². The van der Waals surface area contributed by atoms with Crippen LogP contribution in [0.15, 0.2) is 43.0 Å². The zero-order valence-electron chi connectivity index (χ0n) is 13.1. The molecule has 24 heavy (non-hydrogen) atoms. The maximum Gasteiger partial charge on any atom is 0.391 e. The van der Waals surface area contributed by atoms with Crippen LogP contribution >= 0.6 is 0 Å². The van der Waals surface area contributed by atoms with Crippen molar-refractivity contribution in [3.63, 3.8) is 0 Å². The lowest BCUT2D eigenvalue weighted by Gasteiger charge is -2.33. The average Bonchev–Trinajstić information content (AvgIpc) is 2.59. The van der Waals surface area contributed by atoms with Crippen LogP contribution in [-0.2, 0) is 0 Å². The second-order valence-electron chi connectivity index (χ2n) is 6.10. The molecule has 0 bridgehead atoms. The molecule has 0 spiro atoms. The topological polar surface area (TPSA) is 20.3 Å². The molecular formula is C19H18F3NO. The number of likely N-dealkylation sites (tertiary alicyclic amines) is 1. The third-order valence-electron chi connectivity index (χ3n) is 4.63. The van der Waals surface area contributed by atoms with Crippen molar-refractivity contribution in [1.29, 1.82) is 0 Å². The second-order valence-corrected chi connectivity index (χ2v) is 6.10. The van der Waals surface area contributed by atoms with Gasteiger partial charge in [-0.15, -0.1) is 0 Å². The summed E-state index contributed by atoms with van der Waals surface area (Å²) in [5.41, 5.74) is 1.49. The number of carbonyl (C=O) groups is 1. The lowest BCUT2D eigenvalue weighted by molar-refractivity contribution is -0.183. The third kappa shape index (κ3) is 3.16. The van der Waals surface area contributed by atoms with Gasteiger partial charge in [-0.25, -0.2) is 0 Å². The predicted molar refractivity (Wildman–Crippen MR) is 88.7 cm³/mol. The van der Waals surface area contributed by atoms with Crippen molar-refractivity contribution in [2.75, 3.05) is 13.1 Å². The van der Waals surface area contributed by atoms with Gasteiger partial charge in [0, 0.05) is 18.7 Å². The van der Waals surface area contributed by atoms with Crippen LogP contribution in [-0.4, -0.2) is 30.1 Å². The summed E-state index contributed by atoms with van der Waals surface area (Å²) in [4.78, 5) is 14.1. The van der Waals surface area contributed by atoms with Gasteiger partial charge in [0.05, 0.1) is 5.92 Å². The number of piperidine rings is 1. The van der Waals surface area contributed by atoms with Crippen LogP contribution in [0.1, 0.15) is 28.8 Å². The first kappa shape index (κ1) is 16.6. The Bertz CT molecular complexity index is 774. The molecule has 1 amide bonds. The number of hydrogen-bond donors (Lipinski definition) is 0. The fourth-order valence-corrected chi connectivity index (χ4v) is 3.21. The number of alkyl halides is 3. The molecule has 0 saturated carbocycles. The fraction of sp³-hybridized carbons (Fsp3) is 0.316. The molecule has 0 atom stereocenters. The molecule has 0 unspecified atom stereocenters. The van der Waals surface area contributed by atoms with E-state index in [1.54, 1.807) is 18.2 Å². The van der Waals surface area contributed by atoms with Gasteiger partial charge in [-0.1, -0.05) is 36.9 Å². The van der Waals surface area contributed by atoms with E-state index in [1.165, 1.54) is 4.90 Å². The molecule has 5 heteroatoms. The van der Waals surface area contributed by atoms with E-state index >= 15 is 0 Å². The third-order valence-corrected chi connectivity index (χ3v) is 4.63. The highest BCUT2D eigenvalue weighted by Crippen LogP contribution is 2.34. The van der Waals surface area contributed by atoms with Crippen molar-refractivity contribution in [3.05, 3.63) is 54.1 Å². The molecular weight excluding hydrogens is 315 g/mol. The number of nitrogens with zero attached hydrogens (tertiary/aromatic N) is 1. The van der Waals surface area contributed by atoms with E-state index in [2.05, 4.69) is 6.58 Å². The number of amides is 1. The Balaban J connectivity index is 1.79. The summed E-state index contributed by atoms with van der Waals surface area (Å²) in [6, 6.07) is 11.1. The van der Waals surface area contributed by atoms with Crippen molar-refractivity contribution < 1.29 is 18.0 Å². The van der Waals surface area contributed by atoms with Crippen LogP contribution in [0, 0.1) is 5.92 Å². The lowest BCUT2D eigenvalue weighted by Crippen LogP contribution is -2.42. The van der Waals surface area contributed by atoms with Crippen LogP contribution in [0.4, 0.5) is 13.2 Å². The number of carbonyl (C=O) groups excluding carboxylic acids is 1. The molecule has 1 aliphatic heterocycles. The summed E-state index contributed by atoms with van der Waals surface area (Å²) in [5.74, 6) is -1.50. The minimum atomic E-state index is -4.17. The van der Waals surface area contributed by atoms with E-state index in [-0.39, 0.29) is 31.8 Å².